The van der Waals surface area contributed by atoms with Gasteiger partial charge in [0, 0.05) is 33.2 Å². The van der Waals surface area contributed by atoms with Crippen molar-refractivity contribution in [2.45, 2.75) is 0 Å². The van der Waals surface area contributed by atoms with E-state index in [1.165, 1.54) is 10.8 Å². The van der Waals surface area contributed by atoms with Crippen molar-refractivity contribution < 1.29 is 0 Å². The zero-order valence-corrected chi connectivity index (χ0v) is 24.3. The molecule has 0 fully saturated rings. The number of nitrogens with zero attached hydrogens (tertiary/aromatic N) is 4. The van der Waals surface area contributed by atoms with Crippen LogP contribution in [0.5, 0.6) is 0 Å². The number of hydrogen-bond acceptors (Lipinski definition) is 3. The summed E-state index contributed by atoms with van der Waals surface area (Å²) in [6.45, 7) is 0. The van der Waals surface area contributed by atoms with Crippen molar-refractivity contribution in [1.82, 2.24) is 14.5 Å². The van der Waals surface area contributed by atoms with Crippen LogP contribution in [-0.4, -0.2) is 14.5 Å². The van der Waals surface area contributed by atoms with E-state index in [0.717, 1.165) is 44.5 Å². The first-order chi connectivity index (χ1) is 22.3. The summed E-state index contributed by atoms with van der Waals surface area (Å²) in [5, 5.41) is 12.8. The Bertz CT molecular complexity index is 2250. The summed E-state index contributed by atoms with van der Waals surface area (Å²) in [5.41, 5.74) is 9.76. The van der Waals surface area contributed by atoms with Crippen LogP contribution in [0.1, 0.15) is 5.56 Å². The van der Waals surface area contributed by atoms with Gasteiger partial charge in [-0.15, -0.1) is 0 Å². The average molecular weight is 575 g/mol. The fourth-order valence-corrected chi connectivity index (χ4v) is 6.22. The largest absolute Gasteiger partial charge is 0.309 e. The Morgan fingerprint density at radius 1 is 0.467 bits per heavy atom. The van der Waals surface area contributed by atoms with Crippen LogP contribution in [0.4, 0.5) is 0 Å². The lowest BCUT2D eigenvalue weighted by Gasteiger charge is -2.16. The smallest absolute Gasteiger partial charge is 0.161 e. The third-order valence-corrected chi connectivity index (χ3v) is 8.28. The van der Waals surface area contributed by atoms with Crippen molar-refractivity contribution in [2.75, 3.05) is 0 Å². The second kappa shape index (κ2) is 11.1. The van der Waals surface area contributed by atoms with Crippen LogP contribution >= 0.6 is 0 Å². The number of rotatable bonds is 5. The van der Waals surface area contributed by atoms with E-state index in [1.807, 2.05) is 66.7 Å². The molecule has 2 heterocycles. The highest BCUT2D eigenvalue weighted by Crippen LogP contribution is 2.39. The van der Waals surface area contributed by atoms with Crippen molar-refractivity contribution in [3.63, 3.8) is 0 Å². The van der Waals surface area contributed by atoms with Crippen LogP contribution < -0.4 is 0 Å². The summed E-state index contributed by atoms with van der Waals surface area (Å²) < 4.78 is 2.32. The molecule has 0 amide bonds. The van der Waals surface area contributed by atoms with Gasteiger partial charge in [0.25, 0.3) is 0 Å². The first-order valence-corrected chi connectivity index (χ1v) is 14.9. The third kappa shape index (κ3) is 4.55. The van der Waals surface area contributed by atoms with Crippen LogP contribution in [0.2, 0.25) is 0 Å². The van der Waals surface area contributed by atoms with Crippen LogP contribution in [-0.2, 0) is 0 Å². The molecule has 0 radical (unpaired) electrons. The van der Waals surface area contributed by atoms with Gasteiger partial charge in [-0.05, 0) is 41.5 Å². The quantitative estimate of drug-likeness (QED) is 0.205. The van der Waals surface area contributed by atoms with E-state index in [4.69, 9.17) is 9.97 Å². The zero-order valence-electron chi connectivity index (χ0n) is 24.3. The van der Waals surface area contributed by atoms with Crippen LogP contribution in [0.25, 0.3) is 72.5 Å². The molecule has 4 heteroatoms. The van der Waals surface area contributed by atoms with Crippen LogP contribution in [0.3, 0.4) is 0 Å². The van der Waals surface area contributed by atoms with Crippen molar-refractivity contribution in [1.29, 1.82) is 5.26 Å². The minimum Gasteiger partial charge on any atom is -0.309 e. The molecule has 0 aliphatic carbocycles. The van der Waals surface area contributed by atoms with Gasteiger partial charge in [0.2, 0.25) is 0 Å². The highest BCUT2D eigenvalue weighted by Gasteiger charge is 2.21. The number of benzene rings is 6. The molecular formula is C41H26N4. The van der Waals surface area contributed by atoms with Gasteiger partial charge in [-0.1, -0.05) is 127 Å². The monoisotopic (exact) mass is 574 g/mol. The average Bonchev–Trinajstić information content (AvgIpc) is 3.46. The molecule has 0 unspecified atom stereocenters. The second-order valence-corrected chi connectivity index (χ2v) is 10.9. The van der Waals surface area contributed by atoms with Gasteiger partial charge in [-0.25, -0.2) is 9.97 Å². The number of aromatic nitrogens is 3. The maximum absolute atomic E-state index is 10.4. The first-order valence-electron chi connectivity index (χ1n) is 14.9. The van der Waals surface area contributed by atoms with E-state index in [2.05, 4.69) is 102 Å². The summed E-state index contributed by atoms with van der Waals surface area (Å²) in [4.78, 5) is 10.2. The van der Waals surface area contributed by atoms with Crippen LogP contribution in [0.15, 0.2) is 158 Å². The van der Waals surface area contributed by atoms with E-state index in [9.17, 15) is 5.26 Å². The molecule has 0 saturated carbocycles. The van der Waals surface area contributed by atoms with E-state index in [0.29, 0.717) is 22.8 Å². The summed E-state index contributed by atoms with van der Waals surface area (Å²) >= 11 is 0. The molecule has 0 saturated heterocycles. The molecule has 0 N–H and O–H groups in total. The van der Waals surface area contributed by atoms with Crippen molar-refractivity contribution in [3.8, 4) is 56.8 Å². The number of para-hydroxylation sites is 2. The molecule has 0 aliphatic rings. The SMILES string of the molecule is N#Cc1c(-c2ccccc2)nc(-c2ccc(-n3c4ccccc4c4ccccc43)cc2-c2ccccc2)nc1-c1ccccc1. The van der Waals surface area contributed by atoms with Gasteiger partial charge in [-0.3, -0.25) is 0 Å². The lowest BCUT2D eigenvalue weighted by molar-refractivity contribution is 1.16. The third-order valence-electron chi connectivity index (χ3n) is 8.28. The van der Waals surface area contributed by atoms with E-state index >= 15 is 0 Å². The van der Waals surface area contributed by atoms with Gasteiger partial charge in [0.05, 0.1) is 22.4 Å². The van der Waals surface area contributed by atoms with Crippen molar-refractivity contribution >= 4 is 21.8 Å². The Kier molecular flexibility index (Phi) is 6.48. The van der Waals surface area contributed by atoms with E-state index < -0.39 is 0 Å². The summed E-state index contributed by atoms with van der Waals surface area (Å²) in [7, 11) is 0. The molecule has 8 rings (SSSR count). The number of nitriles is 1. The van der Waals surface area contributed by atoms with Crippen molar-refractivity contribution in [3.05, 3.63) is 163 Å². The van der Waals surface area contributed by atoms with Crippen LogP contribution in [0, 0.1) is 11.3 Å². The molecule has 2 aromatic heterocycles. The lowest BCUT2D eigenvalue weighted by Crippen LogP contribution is -2.02. The Morgan fingerprint density at radius 3 is 1.44 bits per heavy atom. The summed E-state index contributed by atoms with van der Waals surface area (Å²) in [6.07, 6.45) is 0. The maximum atomic E-state index is 10.4. The Morgan fingerprint density at radius 2 is 0.933 bits per heavy atom. The molecule has 0 aliphatic heterocycles. The summed E-state index contributed by atoms with van der Waals surface area (Å²) in [6, 6.07) is 56.1. The zero-order chi connectivity index (χ0) is 30.2. The van der Waals surface area contributed by atoms with E-state index in [-0.39, 0.29) is 0 Å². The predicted molar refractivity (Wildman–Crippen MR) is 183 cm³/mol. The highest BCUT2D eigenvalue weighted by atomic mass is 15.0. The molecular weight excluding hydrogens is 548 g/mol. The first kappa shape index (κ1) is 26.3. The Hall–Kier alpha value is -6.31. The minimum atomic E-state index is 0.458. The standard InChI is InChI=1S/C41H26N4/c42-27-36-39(29-16-6-2-7-17-29)43-41(44-40(36)30-18-8-3-9-19-30)34-25-24-31(26-35(34)28-14-4-1-5-15-28)45-37-22-12-10-20-32(37)33-21-11-13-23-38(33)45/h1-26H. The predicted octanol–water partition coefficient (Wildman–Crippen LogP) is 10.1. The molecule has 210 valence electrons. The van der Waals surface area contributed by atoms with Gasteiger partial charge in [-0.2, -0.15) is 5.26 Å². The maximum Gasteiger partial charge on any atom is 0.161 e. The van der Waals surface area contributed by atoms with Gasteiger partial charge in [0.15, 0.2) is 5.82 Å². The fourth-order valence-electron chi connectivity index (χ4n) is 6.22. The van der Waals surface area contributed by atoms with Gasteiger partial charge < -0.3 is 4.57 Å². The van der Waals surface area contributed by atoms with Crippen molar-refractivity contribution in [2.24, 2.45) is 0 Å². The van der Waals surface area contributed by atoms with E-state index in [1.54, 1.807) is 0 Å². The number of hydrogen-bond donors (Lipinski definition) is 0. The van der Waals surface area contributed by atoms with Gasteiger partial charge in [0.1, 0.15) is 11.6 Å². The summed E-state index contributed by atoms with van der Waals surface area (Å²) in [5.74, 6) is 0.569. The molecule has 0 atom stereocenters. The molecule has 4 nitrogen and oxygen atoms in total. The minimum absolute atomic E-state index is 0.458. The molecule has 0 bridgehead atoms. The number of fused-ring (bicyclic) bond motifs is 3. The topological polar surface area (TPSA) is 54.5 Å². The van der Waals surface area contributed by atoms with Gasteiger partial charge >= 0.3 is 0 Å². The molecule has 6 aromatic carbocycles. The normalized spacial score (nSPS) is 11.1. The fraction of sp³-hybridized carbons (Fsp3) is 0. The highest BCUT2D eigenvalue weighted by molar-refractivity contribution is 6.09. The molecule has 0 spiro atoms. The Balaban J connectivity index is 1.42. The second-order valence-electron chi connectivity index (χ2n) is 10.9. The molecule has 8 aromatic rings. The molecule has 45 heavy (non-hydrogen) atoms. The Labute approximate surface area is 261 Å². The lowest BCUT2D eigenvalue weighted by atomic mass is 9.96.